The van der Waals surface area contributed by atoms with Crippen LogP contribution in [0.3, 0.4) is 0 Å². The molecule has 2 rings (SSSR count). The van der Waals surface area contributed by atoms with E-state index in [1.54, 1.807) is 17.5 Å². The summed E-state index contributed by atoms with van der Waals surface area (Å²) in [5, 5.41) is 1.10. The number of hydrogen-bond acceptors (Lipinski definition) is 5. The molecule has 0 radical (unpaired) electrons. The van der Waals surface area contributed by atoms with Crippen molar-refractivity contribution in [2.45, 2.75) is 33.2 Å². The Balaban J connectivity index is 2.22. The Labute approximate surface area is 111 Å². The van der Waals surface area contributed by atoms with Crippen molar-refractivity contribution < 1.29 is 0 Å². The summed E-state index contributed by atoms with van der Waals surface area (Å²) in [6, 6.07) is 3.99. The highest BCUT2D eigenvalue weighted by molar-refractivity contribution is 7.11. The van der Waals surface area contributed by atoms with Gasteiger partial charge in [-0.05, 0) is 32.4 Å². The Kier molecular flexibility index (Phi) is 4.06. The maximum atomic E-state index is 5.65. The normalized spacial score (nSPS) is 12.7. The van der Waals surface area contributed by atoms with E-state index in [9.17, 15) is 0 Å². The van der Waals surface area contributed by atoms with Crippen molar-refractivity contribution in [2.75, 3.05) is 0 Å². The smallest absolute Gasteiger partial charge is 0.0950 e. The summed E-state index contributed by atoms with van der Waals surface area (Å²) in [6.07, 6.45) is 2.57. The summed E-state index contributed by atoms with van der Waals surface area (Å²) < 4.78 is 0. The third-order valence-electron chi connectivity index (χ3n) is 3.03. The van der Waals surface area contributed by atoms with Crippen LogP contribution in [0, 0.1) is 20.8 Å². The topological polar surface area (TPSA) is 63.8 Å². The fourth-order valence-electron chi connectivity index (χ4n) is 1.90. The largest absolute Gasteiger partial charge is 0.271 e. The highest BCUT2D eigenvalue weighted by Crippen LogP contribution is 2.23. The molecule has 1 atom stereocenters. The van der Waals surface area contributed by atoms with Crippen molar-refractivity contribution in [1.29, 1.82) is 0 Å². The summed E-state index contributed by atoms with van der Waals surface area (Å²) in [4.78, 5) is 10.2. The van der Waals surface area contributed by atoms with Crippen LogP contribution in [0.2, 0.25) is 0 Å². The van der Waals surface area contributed by atoms with Crippen LogP contribution < -0.4 is 11.3 Å². The van der Waals surface area contributed by atoms with Gasteiger partial charge in [-0.15, -0.1) is 11.3 Å². The number of hydrazine groups is 1. The molecule has 0 aliphatic rings. The summed E-state index contributed by atoms with van der Waals surface area (Å²) in [7, 11) is 0. The minimum absolute atomic E-state index is 0.0103. The molecule has 0 aromatic carbocycles. The van der Waals surface area contributed by atoms with Crippen LogP contribution in [0.5, 0.6) is 0 Å². The van der Waals surface area contributed by atoms with Crippen molar-refractivity contribution in [3.05, 3.63) is 45.2 Å². The van der Waals surface area contributed by atoms with Crippen molar-refractivity contribution in [2.24, 2.45) is 5.84 Å². The Morgan fingerprint density at radius 1 is 1.39 bits per heavy atom. The molecule has 4 nitrogen and oxygen atoms in total. The van der Waals surface area contributed by atoms with Crippen molar-refractivity contribution in [3.63, 3.8) is 0 Å². The van der Waals surface area contributed by atoms with Gasteiger partial charge in [0.2, 0.25) is 0 Å². The van der Waals surface area contributed by atoms with Crippen LogP contribution in [0.4, 0.5) is 0 Å². The van der Waals surface area contributed by atoms with Gasteiger partial charge in [-0.2, -0.15) is 0 Å². The van der Waals surface area contributed by atoms with E-state index < -0.39 is 0 Å². The van der Waals surface area contributed by atoms with E-state index in [-0.39, 0.29) is 6.04 Å². The summed E-state index contributed by atoms with van der Waals surface area (Å²) in [6.45, 7) is 6.17. The van der Waals surface area contributed by atoms with Crippen LogP contribution in [-0.4, -0.2) is 9.97 Å². The first-order valence-corrected chi connectivity index (χ1v) is 6.74. The lowest BCUT2D eigenvalue weighted by atomic mass is 10.1. The zero-order valence-corrected chi connectivity index (χ0v) is 11.7. The molecule has 96 valence electrons. The summed E-state index contributed by atoms with van der Waals surface area (Å²) in [5.74, 6) is 5.65. The molecule has 2 aromatic heterocycles. The lowest BCUT2D eigenvalue weighted by Gasteiger charge is -2.15. The van der Waals surface area contributed by atoms with Crippen LogP contribution in [0.1, 0.15) is 32.9 Å². The first-order chi connectivity index (χ1) is 8.61. The Hall–Kier alpha value is -1.30. The molecule has 0 saturated heterocycles. The number of hydrogen-bond donors (Lipinski definition) is 2. The first kappa shape index (κ1) is 13.1. The Morgan fingerprint density at radius 2 is 2.17 bits per heavy atom. The third-order valence-corrected chi connectivity index (χ3v) is 4.13. The number of aromatic nitrogens is 2. The fourth-order valence-corrected chi connectivity index (χ4v) is 2.88. The molecule has 0 aliphatic heterocycles. The summed E-state index contributed by atoms with van der Waals surface area (Å²) >= 11 is 1.72. The van der Waals surface area contributed by atoms with Crippen LogP contribution in [-0.2, 0) is 6.42 Å². The highest BCUT2D eigenvalue weighted by atomic mass is 32.1. The number of nitrogens with zero attached hydrogens (tertiary/aromatic N) is 2. The van der Waals surface area contributed by atoms with Crippen molar-refractivity contribution in [3.8, 4) is 0 Å². The molecule has 0 amide bonds. The number of rotatable bonds is 4. The van der Waals surface area contributed by atoms with Gasteiger partial charge in [0.15, 0.2) is 0 Å². The van der Waals surface area contributed by atoms with Gasteiger partial charge in [0.1, 0.15) is 0 Å². The molecular formula is C13H18N4S. The van der Waals surface area contributed by atoms with Gasteiger partial charge in [0.25, 0.3) is 0 Å². The average molecular weight is 262 g/mol. The predicted molar refractivity (Wildman–Crippen MR) is 74.3 cm³/mol. The number of nitrogens with one attached hydrogen (secondary N) is 1. The van der Waals surface area contributed by atoms with Crippen molar-refractivity contribution >= 4 is 11.3 Å². The SMILES string of the molecule is Cc1cccnc1C(Cc1nc(C)c(C)s1)NN. The summed E-state index contributed by atoms with van der Waals surface area (Å²) in [5.41, 5.74) is 6.08. The maximum Gasteiger partial charge on any atom is 0.0950 e. The molecule has 0 bridgehead atoms. The lowest BCUT2D eigenvalue weighted by molar-refractivity contribution is 0.534. The molecule has 0 aliphatic carbocycles. The maximum absolute atomic E-state index is 5.65. The standard InChI is InChI=1S/C13H18N4S/c1-8-5-4-6-15-13(8)11(17-14)7-12-16-9(2)10(3)18-12/h4-6,11,17H,7,14H2,1-3H3. The molecule has 3 N–H and O–H groups in total. The number of nitrogens with two attached hydrogens (primary N) is 1. The molecule has 2 heterocycles. The predicted octanol–water partition coefficient (Wildman–Crippen LogP) is 2.21. The van der Waals surface area contributed by atoms with Crippen LogP contribution >= 0.6 is 11.3 Å². The first-order valence-electron chi connectivity index (χ1n) is 5.92. The molecule has 0 saturated carbocycles. The third kappa shape index (κ3) is 2.75. The monoisotopic (exact) mass is 262 g/mol. The lowest BCUT2D eigenvalue weighted by Crippen LogP contribution is -2.30. The number of pyridine rings is 1. The van der Waals surface area contributed by atoms with Crippen molar-refractivity contribution in [1.82, 2.24) is 15.4 Å². The van der Waals surface area contributed by atoms with E-state index in [1.165, 1.54) is 4.88 Å². The minimum Gasteiger partial charge on any atom is -0.271 e. The van der Waals surface area contributed by atoms with Crippen LogP contribution in [0.25, 0.3) is 0 Å². The Bertz CT molecular complexity index is 516. The van der Waals surface area contributed by atoms with E-state index >= 15 is 0 Å². The van der Waals surface area contributed by atoms with E-state index in [4.69, 9.17) is 5.84 Å². The Morgan fingerprint density at radius 3 is 2.72 bits per heavy atom. The second kappa shape index (κ2) is 5.56. The minimum atomic E-state index is 0.0103. The van der Waals surface area contributed by atoms with Gasteiger partial charge in [-0.25, -0.2) is 4.98 Å². The zero-order chi connectivity index (χ0) is 13.1. The zero-order valence-electron chi connectivity index (χ0n) is 10.9. The van der Waals surface area contributed by atoms with E-state index in [0.29, 0.717) is 0 Å². The van der Waals surface area contributed by atoms with Gasteiger partial charge >= 0.3 is 0 Å². The molecule has 18 heavy (non-hydrogen) atoms. The van der Waals surface area contributed by atoms with E-state index in [1.807, 2.05) is 26.0 Å². The van der Waals surface area contributed by atoms with E-state index in [2.05, 4.69) is 22.3 Å². The molecule has 0 spiro atoms. The number of thiazole rings is 1. The van der Waals surface area contributed by atoms with E-state index in [0.717, 1.165) is 28.4 Å². The van der Waals surface area contributed by atoms with Gasteiger partial charge in [-0.3, -0.25) is 16.3 Å². The van der Waals surface area contributed by atoms with Crippen LogP contribution in [0.15, 0.2) is 18.3 Å². The molecule has 1 unspecified atom stereocenters. The van der Waals surface area contributed by atoms with Gasteiger partial charge < -0.3 is 0 Å². The second-order valence-corrected chi connectivity index (χ2v) is 5.67. The highest BCUT2D eigenvalue weighted by Gasteiger charge is 2.16. The number of aryl methyl sites for hydroxylation is 3. The molecule has 2 aromatic rings. The molecule has 0 fully saturated rings. The van der Waals surface area contributed by atoms with Gasteiger partial charge in [0.05, 0.1) is 22.4 Å². The molecular weight excluding hydrogens is 244 g/mol. The van der Waals surface area contributed by atoms with Gasteiger partial charge in [-0.1, -0.05) is 6.07 Å². The average Bonchev–Trinajstić information content (AvgIpc) is 2.66. The molecule has 5 heteroatoms. The second-order valence-electron chi connectivity index (χ2n) is 4.38. The van der Waals surface area contributed by atoms with Gasteiger partial charge in [0, 0.05) is 17.5 Å². The fraction of sp³-hybridized carbons (Fsp3) is 0.385. The quantitative estimate of drug-likeness (QED) is 0.655.